The van der Waals surface area contributed by atoms with Gasteiger partial charge in [-0.25, -0.2) is 0 Å². The molecule has 1 atom stereocenters. The maximum absolute atomic E-state index is 2.55. The summed E-state index contributed by atoms with van der Waals surface area (Å²) in [5.41, 5.74) is 1.43. The van der Waals surface area contributed by atoms with Crippen molar-refractivity contribution in [2.45, 2.75) is 123 Å². The molecule has 0 N–H and O–H groups in total. The van der Waals surface area contributed by atoms with Crippen molar-refractivity contribution in [3.05, 3.63) is 35.9 Å². The average Bonchev–Trinajstić information content (AvgIpc) is 2.69. The van der Waals surface area contributed by atoms with Crippen molar-refractivity contribution >= 4 is 0 Å². The van der Waals surface area contributed by atoms with E-state index in [-0.39, 0.29) is 0 Å². The molecule has 0 aromatic heterocycles. The van der Waals surface area contributed by atoms with E-state index in [0.29, 0.717) is 0 Å². The van der Waals surface area contributed by atoms with Crippen LogP contribution in [-0.4, -0.2) is 18.0 Å². The Morgan fingerprint density at radius 2 is 1.15 bits per heavy atom. The van der Waals surface area contributed by atoms with Crippen molar-refractivity contribution in [3.63, 3.8) is 0 Å². The molecule has 1 unspecified atom stereocenters. The minimum atomic E-state index is 0.734. The number of hydrogen-bond donors (Lipinski definition) is 0. The van der Waals surface area contributed by atoms with Crippen molar-refractivity contribution in [1.29, 1.82) is 0 Å². The van der Waals surface area contributed by atoms with Crippen LogP contribution in [0, 0.1) is 0 Å². The standard InChI is InChI=1S/C26H47N/c1-4-6-7-8-9-10-11-12-13-14-15-16-20-23-26(5-2)27(3)24-25-21-18-17-19-22-25/h17-19,21-22,26H,4-16,20,23-24H2,1-3H3. The minimum absolute atomic E-state index is 0.734. The van der Waals surface area contributed by atoms with Crippen LogP contribution in [0.2, 0.25) is 0 Å². The van der Waals surface area contributed by atoms with Gasteiger partial charge in [0.15, 0.2) is 0 Å². The SMILES string of the molecule is CCCCCCCCCCCCCCCC(CC)N(C)Cc1ccccc1. The molecule has 0 spiro atoms. The first kappa shape index (κ1) is 24.2. The number of nitrogens with zero attached hydrogens (tertiary/aromatic N) is 1. The van der Waals surface area contributed by atoms with Crippen molar-refractivity contribution in [2.75, 3.05) is 7.05 Å². The number of hydrogen-bond acceptors (Lipinski definition) is 1. The van der Waals surface area contributed by atoms with Crippen LogP contribution in [-0.2, 0) is 6.54 Å². The highest BCUT2D eigenvalue weighted by Crippen LogP contribution is 2.17. The zero-order valence-electron chi connectivity index (χ0n) is 18.7. The third-order valence-electron chi connectivity index (χ3n) is 6.01. The Morgan fingerprint density at radius 1 is 0.667 bits per heavy atom. The maximum Gasteiger partial charge on any atom is 0.0233 e. The number of benzene rings is 1. The Kier molecular flexibility index (Phi) is 15.5. The second-order valence-corrected chi connectivity index (χ2v) is 8.49. The van der Waals surface area contributed by atoms with Gasteiger partial charge in [-0.2, -0.15) is 0 Å². The van der Waals surface area contributed by atoms with Crippen LogP contribution in [0.5, 0.6) is 0 Å². The van der Waals surface area contributed by atoms with E-state index in [0.717, 1.165) is 12.6 Å². The quantitative estimate of drug-likeness (QED) is 0.233. The van der Waals surface area contributed by atoms with Gasteiger partial charge in [-0.05, 0) is 25.5 Å². The molecule has 1 nitrogen and oxygen atoms in total. The van der Waals surface area contributed by atoms with Gasteiger partial charge >= 0.3 is 0 Å². The molecular formula is C26H47N. The molecular weight excluding hydrogens is 326 g/mol. The lowest BCUT2D eigenvalue weighted by molar-refractivity contribution is 0.211. The van der Waals surface area contributed by atoms with E-state index in [9.17, 15) is 0 Å². The van der Waals surface area contributed by atoms with Crippen LogP contribution in [0.4, 0.5) is 0 Å². The fourth-order valence-electron chi connectivity index (χ4n) is 4.13. The first-order chi connectivity index (χ1) is 13.3. The third-order valence-corrected chi connectivity index (χ3v) is 6.01. The van der Waals surface area contributed by atoms with Gasteiger partial charge in [0.2, 0.25) is 0 Å². The topological polar surface area (TPSA) is 3.24 Å². The van der Waals surface area contributed by atoms with E-state index >= 15 is 0 Å². The molecule has 0 radical (unpaired) electrons. The van der Waals surface area contributed by atoms with Crippen LogP contribution >= 0.6 is 0 Å². The molecule has 0 aliphatic carbocycles. The summed E-state index contributed by atoms with van der Waals surface area (Å²) >= 11 is 0. The fraction of sp³-hybridized carbons (Fsp3) is 0.769. The zero-order valence-corrected chi connectivity index (χ0v) is 18.7. The van der Waals surface area contributed by atoms with Gasteiger partial charge in [0.1, 0.15) is 0 Å². The molecule has 1 aromatic rings. The third kappa shape index (κ3) is 13.1. The van der Waals surface area contributed by atoms with Gasteiger partial charge in [0.05, 0.1) is 0 Å². The summed E-state index contributed by atoms with van der Waals surface area (Å²) in [6, 6.07) is 11.6. The van der Waals surface area contributed by atoms with Gasteiger partial charge in [-0.3, -0.25) is 4.90 Å². The molecule has 0 saturated heterocycles. The molecule has 0 saturated carbocycles. The van der Waals surface area contributed by atoms with E-state index in [1.807, 2.05) is 0 Å². The van der Waals surface area contributed by atoms with E-state index in [1.54, 1.807) is 0 Å². The summed E-state index contributed by atoms with van der Waals surface area (Å²) < 4.78 is 0. The summed E-state index contributed by atoms with van der Waals surface area (Å²) in [5, 5.41) is 0. The fourth-order valence-corrected chi connectivity index (χ4v) is 4.13. The Hall–Kier alpha value is -0.820. The van der Waals surface area contributed by atoms with Crippen LogP contribution in [0.15, 0.2) is 30.3 Å². The molecule has 0 bridgehead atoms. The molecule has 0 fully saturated rings. The summed E-state index contributed by atoms with van der Waals surface area (Å²) in [6.45, 7) is 5.72. The van der Waals surface area contributed by atoms with E-state index in [1.165, 1.54) is 102 Å². The Bertz CT molecular complexity index is 413. The van der Waals surface area contributed by atoms with Crippen molar-refractivity contribution < 1.29 is 0 Å². The number of rotatable bonds is 18. The molecule has 1 aromatic carbocycles. The van der Waals surface area contributed by atoms with Crippen molar-refractivity contribution in [3.8, 4) is 0 Å². The van der Waals surface area contributed by atoms with Gasteiger partial charge in [-0.15, -0.1) is 0 Å². The summed E-state index contributed by atoms with van der Waals surface area (Å²) in [7, 11) is 2.30. The average molecular weight is 374 g/mol. The lowest BCUT2D eigenvalue weighted by Crippen LogP contribution is -2.30. The highest BCUT2D eigenvalue weighted by Gasteiger charge is 2.12. The van der Waals surface area contributed by atoms with Gasteiger partial charge in [0, 0.05) is 12.6 Å². The highest BCUT2D eigenvalue weighted by molar-refractivity contribution is 5.14. The summed E-state index contributed by atoms with van der Waals surface area (Å²) in [4.78, 5) is 2.55. The highest BCUT2D eigenvalue weighted by atomic mass is 15.1. The molecule has 0 aliphatic heterocycles. The van der Waals surface area contributed by atoms with E-state index < -0.39 is 0 Å². The van der Waals surface area contributed by atoms with E-state index in [2.05, 4.69) is 56.1 Å². The van der Waals surface area contributed by atoms with Gasteiger partial charge < -0.3 is 0 Å². The predicted octanol–water partition coefficient (Wildman–Crippen LogP) is 8.38. The molecule has 27 heavy (non-hydrogen) atoms. The van der Waals surface area contributed by atoms with Crippen molar-refractivity contribution in [1.82, 2.24) is 4.90 Å². The van der Waals surface area contributed by atoms with Crippen LogP contribution in [0.3, 0.4) is 0 Å². The smallest absolute Gasteiger partial charge is 0.0233 e. The minimum Gasteiger partial charge on any atom is -0.299 e. The maximum atomic E-state index is 2.55. The molecule has 1 rings (SSSR count). The molecule has 0 aliphatic rings. The molecule has 156 valence electrons. The monoisotopic (exact) mass is 373 g/mol. The first-order valence-electron chi connectivity index (χ1n) is 12.0. The second-order valence-electron chi connectivity index (χ2n) is 8.49. The van der Waals surface area contributed by atoms with Crippen LogP contribution in [0.1, 0.15) is 116 Å². The first-order valence-corrected chi connectivity index (χ1v) is 12.0. The van der Waals surface area contributed by atoms with Crippen molar-refractivity contribution in [2.24, 2.45) is 0 Å². The lowest BCUT2D eigenvalue weighted by atomic mass is 10.0. The molecule has 0 heterocycles. The predicted molar refractivity (Wildman–Crippen MR) is 122 cm³/mol. The summed E-state index contributed by atoms with van der Waals surface area (Å²) in [5.74, 6) is 0. The van der Waals surface area contributed by atoms with Crippen LogP contribution in [0.25, 0.3) is 0 Å². The molecule has 1 heteroatoms. The largest absolute Gasteiger partial charge is 0.299 e. The Morgan fingerprint density at radius 3 is 1.63 bits per heavy atom. The number of unbranched alkanes of at least 4 members (excludes halogenated alkanes) is 12. The van der Waals surface area contributed by atoms with Gasteiger partial charge in [-0.1, -0.05) is 128 Å². The normalized spacial score (nSPS) is 12.6. The summed E-state index contributed by atoms with van der Waals surface area (Å²) in [6.07, 6.45) is 21.4. The second kappa shape index (κ2) is 17.3. The van der Waals surface area contributed by atoms with Gasteiger partial charge in [0.25, 0.3) is 0 Å². The Balaban J connectivity index is 1.95. The van der Waals surface area contributed by atoms with Crippen LogP contribution < -0.4 is 0 Å². The van der Waals surface area contributed by atoms with E-state index in [4.69, 9.17) is 0 Å². The molecule has 0 amide bonds. The zero-order chi connectivity index (χ0) is 19.6. The lowest BCUT2D eigenvalue weighted by Gasteiger charge is -2.27. The Labute approximate surface area is 170 Å².